The summed E-state index contributed by atoms with van der Waals surface area (Å²) in [7, 11) is 1.61. The lowest BCUT2D eigenvalue weighted by Crippen LogP contribution is -2.36. The Morgan fingerprint density at radius 3 is 2.62 bits per heavy atom. The minimum Gasteiger partial charge on any atom is -0.497 e. The molecule has 0 fully saturated rings. The Kier molecular flexibility index (Phi) is 6.37. The number of methoxy groups -OCH3 is 1. The highest BCUT2D eigenvalue weighted by atomic mass is 79.9. The van der Waals surface area contributed by atoms with E-state index in [-0.39, 0.29) is 0 Å². The summed E-state index contributed by atoms with van der Waals surface area (Å²) in [4.78, 5) is 23.8. The van der Waals surface area contributed by atoms with E-state index in [0.29, 0.717) is 18.7 Å². The third-order valence-electron chi connectivity index (χ3n) is 3.41. The molecule has 5 nitrogen and oxygen atoms in total. The Labute approximate surface area is 149 Å². The number of carbonyl (C=O) groups excluding carboxylic acids is 2. The van der Waals surface area contributed by atoms with Gasteiger partial charge < -0.3 is 15.4 Å². The maximum atomic E-state index is 11.9. The summed E-state index contributed by atoms with van der Waals surface area (Å²) in [6.07, 6.45) is 0.616. The van der Waals surface area contributed by atoms with Crippen molar-refractivity contribution in [2.75, 3.05) is 19.0 Å². The maximum Gasteiger partial charge on any atom is 0.313 e. The Bertz CT molecular complexity index is 747. The predicted molar refractivity (Wildman–Crippen MR) is 97.2 cm³/mol. The Balaban J connectivity index is 1.84. The van der Waals surface area contributed by atoms with Crippen molar-refractivity contribution in [2.24, 2.45) is 0 Å². The van der Waals surface area contributed by atoms with Crippen LogP contribution < -0.4 is 15.4 Å². The van der Waals surface area contributed by atoms with Crippen LogP contribution >= 0.6 is 15.9 Å². The van der Waals surface area contributed by atoms with Crippen molar-refractivity contribution in [3.63, 3.8) is 0 Å². The highest BCUT2D eigenvalue weighted by Gasteiger charge is 2.14. The van der Waals surface area contributed by atoms with Crippen molar-refractivity contribution in [3.8, 4) is 5.75 Å². The molecule has 0 bridgehead atoms. The van der Waals surface area contributed by atoms with Crippen molar-refractivity contribution in [1.29, 1.82) is 0 Å². The molecule has 24 heavy (non-hydrogen) atoms. The van der Waals surface area contributed by atoms with Gasteiger partial charge in [0.25, 0.3) is 0 Å². The fourth-order valence-corrected chi connectivity index (χ4v) is 2.72. The van der Waals surface area contributed by atoms with E-state index in [9.17, 15) is 9.59 Å². The molecule has 0 aliphatic carbocycles. The first-order chi connectivity index (χ1) is 11.5. The second-order valence-electron chi connectivity index (χ2n) is 5.29. The number of aryl methyl sites for hydroxylation is 1. The first-order valence-electron chi connectivity index (χ1n) is 7.48. The quantitative estimate of drug-likeness (QED) is 0.770. The minimum atomic E-state index is -0.690. The molecule has 0 unspecified atom stereocenters. The first-order valence-corrected chi connectivity index (χ1v) is 8.27. The molecule has 0 aliphatic heterocycles. The van der Waals surface area contributed by atoms with Crippen molar-refractivity contribution < 1.29 is 14.3 Å². The van der Waals surface area contributed by atoms with E-state index in [4.69, 9.17) is 4.74 Å². The molecule has 0 radical (unpaired) electrons. The molecule has 126 valence electrons. The Morgan fingerprint density at radius 2 is 1.92 bits per heavy atom. The first kappa shape index (κ1) is 18.0. The number of hydrogen-bond donors (Lipinski definition) is 2. The summed E-state index contributed by atoms with van der Waals surface area (Å²) in [5.41, 5.74) is 2.65. The van der Waals surface area contributed by atoms with Crippen molar-refractivity contribution >= 4 is 33.4 Å². The van der Waals surface area contributed by atoms with E-state index in [1.165, 1.54) is 0 Å². The molecule has 2 amide bonds. The van der Waals surface area contributed by atoms with Crippen LogP contribution in [-0.2, 0) is 16.0 Å². The highest BCUT2D eigenvalue weighted by Crippen LogP contribution is 2.23. The average Bonchev–Trinajstić information content (AvgIpc) is 2.57. The van der Waals surface area contributed by atoms with Gasteiger partial charge in [-0.3, -0.25) is 9.59 Å². The number of hydrogen-bond acceptors (Lipinski definition) is 3. The van der Waals surface area contributed by atoms with Crippen LogP contribution in [0.3, 0.4) is 0 Å². The van der Waals surface area contributed by atoms with Gasteiger partial charge in [0.2, 0.25) is 0 Å². The predicted octanol–water partition coefficient (Wildman–Crippen LogP) is 3.06. The van der Waals surface area contributed by atoms with Gasteiger partial charge in [-0.1, -0.05) is 18.2 Å². The molecular formula is C18H19BrN2O3. The summed E-state index contributed by atoms with van der Waals surface area (Å²) in [5.74, 6) is -0.587. The van der Waals surface area contributed by atoms with E-state index in [2.05, 4.69) is 26.6 Å². The SMILES string of the molecule is COc1cccc(CCNC(=O)C(=O)Nc2ccc(C)cc2Br)c1. The van der Waals surface area contributed by atoms with Gasteiger partial charge in [0, 0.05) is 11.0 Å². The van der Waals surface area contributed by atoms with E-state index < -0.39 is 11.8 Å². The van der Waals surface area contributed by atoms with Crippen LogP contribution in [-0.4, -0.2) is 25.5 Å². The molecule has 6 heteroatoms. The molecule has 0 saturated heterocycles. The molecule has 2 aromatic carbocycles. The molecule has 0 saturated carbocycles. The molecular weight excluding hydrogens is 372 g/mol. The van der Waals surface area contributed by atoms with Crippen molar-refractivity contribution in [2.45, 2.75) is 13.3 Å². The van der Waals surface area contributed by atoms with Gasteiger partial charge in [-0.15, -0.1) is 0 Å². The number of anilines is 1. The van der Waals surface area contributed by atoms with E-state index in [1.54, 1.807) is 13.2 Å². The van der Waals surface area contributed by atoms with Crippen LogP contribution in [0, 0.1) is 6.92 Å². The van der Waals surface area contributed by atoms with Gasteiger partial charge in [-0.2, -0.15) is 0 Å². The average molecular weight is 391 g/mol. The zero-order valence-corrected chi connectivity index (χ0v) is 15.1. The van der Waals surface area contributed by atoms with Crippen LogP contribution in [0.4, 0.5) is 5.69 Å². The summed E-state index contributed by atoms with van der Waals surface area (Å²) in [6, 6.07) is 13.1. The second-order valence-corrected chi connectivity index (χ2v) is 6.15. The summed E-state index contributed by atoms with van der Waals surface area (Å²) >= 11 is 3.36. The molecule has 2 rings (SSSR count). The maximum absolute atomic E-state index is 11.9. The van der Waals surface area contributed by atoms with Gasteiger partial charge >= 0.3 is 11.8 Å². The highest BCUT2D eigenvalue weighted by molar-refractivity contribution is 9.10. The summed E-state index contributed by atoms with van der Waals surface area (Å²) in [6.45, 7) is 2.32. The fourth-order valence-electron chi connectivity index (χ4n) is 2.13. The number of rotatable bonds is 5. The molecule has 2 N–H and O–H groups in total. The van der Waals surface area contributed by atoms with E-state index in [0.717, 1.165) is 21.3 Å². The normalized spacial score (nSPS) is 10.1. The third-order valence-corrected chi connectivity index (χ3v) is 4.07. The smallest absolute Gasteiger partial charge is 0.313 e. The van der Waals surface area contributed by atoms with Crippen LogP contribution in [0.25, 0.3) is 0 Å². The molecule has 0 aromatic heterocycles. The standard InChI is InChI=1S/C18H19BrN2O3/c1-12-6-7-16(15(19)10-12)21-18(23)17(22)20-9-8-13-4-3-5-14(11-13)24-2/h3-7,10-11H,8-9H2,1-2H3,(H,20,22)(H,21,23). The molecule has 0 aliphatic rings. The number of nitrogens with one attached hydrogen (secondary N) is 2. The van der Waals surface area contributed by atoms with Crippen LogP contribution in [0.1, 0.15) is 11.1 Å². The Hall–Kier alpha value is -2.34. The second kappa shape index (κ2) is 8.49. The zero-order chi connectivity index (χ0) is 17.5. The van der Waals surface area contributed by atoms with Crippen molar-refractivity contribution in [3.05, 3.63) is 58.1 Å². The van der Waals surface area contributed by atoms with Gasteiger partial charge in [0.05, 0.1) is 12.8 Å². The number of benzene rings is 2. The molecule has 0 heterocycles. The van der Waals surface area contributed by atoms with Gasteiger partial charge in [-0.25, -0.2) is 0 Å². The van der Waals surface area contributed by atoms with Crippen LogP contribution in [0.5, 0.6) is 5.75 Å². The van der Waals surface area contributed by atoms with Crippen LogP contribution in [0.15, 0.2) is 46.9 Å². The monoisotopic (exact) mass is 390 g/mol. The minimum absolute atomic E-state index is 0.370. The molecule has 0 spiro atoms. The lowest BCUT2D eigenvalue weighted by molar-refractivity contribution is -0.136. The Morgan fingerprint density at radius 1 is 1.12 bits per heavy atom. The number of halogens is 1. The number of amides is 2. The lowest BCUT2D eigenvalue weighted by atomic mass is 10.1. The van der Waals surface area contributed by atoms with Crippen molar-refractivity contribution in [1.82, 2.24) is 5.32 Å². The van der Waals surface area contributed by atoms with E-state index in [1.807, 2.05) is 43.3 Å². The number of ether oxygens (including phenoxy) is 1. The van der Waals surface area contributed by atoms with Gasteiger partial charge in [-0.05, 0) is 64.7 Å². The summed E-state index contributed by atoms with van der Waals surface area (Å²) < 4.78 is 5.89. The van der Waals surface area contributed by atoms with Gasteiger partial charge in [0.15, 0.2) is 0 Å². The molecule has 0 atom stereocenters. The van der Waals surface area contributed by atoms with E-state index >= 15 is 0 Å². The summed E-state index contributed by atoms with van der Waals surface area (Å²) in [5, 5.41) is 5.20. The van der Waals surface area contributed by atoms with Crippen LogP contribution in [0.2, 0.25) is 0 Å². The zero-order valence-electron chi connectivity index (χ0n) is 13.6. The fraction of sp³-hybridized carbons (Fsp3) is 0.222. The number of carbonyl (C=O) groups is 2. The largest absolute Gasteiger partial charge is 0.497 e. The van der Waals surface area contributed by atoms with Gasteiger partial charge in [0.1, 0.15) is 5.75 Å². The molecule has 2 aromatic rings. The topological polar surface area (TPSA) is 67.4 Å². The third kappa shape index (κ3) is 5.09. The lowest BCUT2D eigenvalue weighted by Gasteiger charge is -2.09.